The van der Waals surface area contributed by atoms with Crippen molar-refractivity contribution >= 4 is 5.91 Å². The first-order chi connectivity index (χ1) is 10.1. The quantitative estimate of drug-likeness (QED) is 0.854. The van der Waals surface area contributed by atoms with Gasteiger partial charge >= 0.3 is 0 Å². The second-order valence-corrected chi connectivity index (χ2v) is 6.15. The fraction of sp³-hybridized carbons (Fsp3) is 0.562. The summed E-state index contributed by atoms with van der Waals surface area (Å²) < 4.78 is 24.1. The predicted molar refractivity (Wildman–Crippen MR) is 75.7 cm³/mol. The molecule has 2 fully saturated rings. The largest absolute Gasteiger partial charge is 0.384 e. The third-order valence-electron chi connectivity index (χ3n) is 4.66. The average Bonchev–Trinajstić information content (AvgIpc) is 2.95. The number of hydrogen-bond donors (Lipinski definition) is 0. The summed E-state index contributed by atoms with van der Waals surface area (Å²) in [6.45, 7) is 5.00. The number of fused-ring (bicyclic) bond motifs is 1. The van der Waals surface area contributed by atoms with Crippen molar-refractivity contribution in [3.05, 3.63) is 35.1 Å². The van der Waals surface area contributed by atoms with E-state index in [0.29, 0.717) is 50.0 Å². The van der Waals surface area contributed by atoms with E-state index in [2.05, 4.69) is 0 Å². The highest BCUT2D eigenvalue weighted by Crippen LogP contribution is 2.42. The van der Waals surface area contributed by atoms with Gasteiger partial charge in [-0.05, 0) is 30.7 Å². The predicted octanol–water partition coefficient (Wildman–Crippen LogP) is 1.87. The molecule has 0 saturated carbocycles. The smallest absolute Gasteiger partial charge is 0.254 e. The van der Waals surface area contributed by atoms with Gasteiger partial charge in [-0.1, -0.05) is 0 Å². The molecule has 0 radical (unpaired) electrons. The lowest BCUT2D eigenvalue weighted by atomic mass is 9.82. The van der Waals surface area contributed by atoms with E-state index in [4.69, 9.17) is 9.47 Å². The summed E-state index contributed by atoms with van der Waals surface area (Å²) in [6, 6.07) is 4.31. The number of hydrogen-bond acceptors (Lipinski definition) is 3. The van der Waals surface area contributed by atoms with Crippen molar-refractivity contribution in [1.82, 2.24) is 4.90 Å². The van der Waals surface area contributed by atoms with Gasteiger partial charge < -0.3 is 14.4 Å². The zero-order chi connectivity index (χ0) is 15.0. The van der Waals surface area contributed by atoms with E-state index in [-0.39, 0.29) is 17.1 Å². The molecule has 114 valence electrons. The zero-order valence-electron chi connectivity index (χ0n) is 12.4. The Hall–Kier alpha value is -1.46. The van der Waals surface area contributed by atoms with E-state index < -0.39 is 0 Å². The average molecular weight is 293 g/mol. The summed E-state index contributed by atoms with van der Waals surface area (Å²) in [5, 5.41) is 0. The topological polar surface area (TPSA) is 38.8 Å². The number of rotatable bonds is 3. The van der Waals surface area contributed by atoms with E-state index in [0.717, 1.165) is 0 Å². The third kappa shape index (κ3) is 2.45. The Morgan fingerprint density at radius 1 is 1.57 bits per heavy atom. The normalized spacial score (nSPS) is 28.0. The molecule has 0 aromatic heterocycles. The number of carbonyl (C=O) groups excluding carboxylic acids is 1. The lowest BCUT2D eigenvalue weighted by Crippen LogP contribution is -2.37. The van der Waals surface area contributed by atoms with Gasteiger partial charge in [0.05, 0.1) is 19.8 Å². The molecule has 2 aliphatic heterocycles. The van der Waals surface area contributed by atoms with Gasteiger partial charge in [-0.3, -0.25) is 4.79 Å². The van der Waals surface area contributed by atoms with Crippen LogP contribution in [0.15, 0.2) is 18.2 Å². The Morgan fingerprint density at radius 2 is 2.38 bits per heavy atom. The highest BCUT2D eigenvalue weighted by atomic mass is 19.1. The lowest BCUT2D eigenvalue weighted by Gasteiger charge is -2.26. The van der Waals surface area contributed by atoms with Crippen LogP contribution in [0.4, 0.5) is 4.39 Å². The summed E-state index contributed by atoms with van der Waals surface area (Å²) in [5.41, 5.74) is 1.16. The molecule has 1 amide bonds. The maximum Gasteiger partial charge on any atom is 0.254 e. The minimum Gasteiger partial charge on any atom is -0.384 e. The van der Waals surface area contributed by atoms with Gasteiger partial charge in [0.15, 0.2) is 0 Å². The molecule has 3 rings (SSSR count). The molecule has 0 bridgehead atoms. The summed E-state index contributed by atoms with van der Waals surface area (Å²) in [6.07, 6.45) is 0. The Balaban J connectivity index is 1.81. The van der Waals surface area contributed by atoms with Gasteiger partial charge in [-0.15, -0.1) is 0 Å². The van der Waals surface area contributed by atoms with Gasteiger partial charge in [-0.2, -0.15) is 0 Å². The minimum atomic E-state index is -0.313. The summed E-state index contributed by atoms with van der Waals surface area (Å²) >= 11 is 0. The number of aryl methyl sites for hydroxylation is 1. The van der Waals surface area contributed by atoms with Crippen LogP contribution in [-0.4, -0.2) is 50.8 Å². The molecule has 2 heterocycles. The molecule has 1 aromatic rings. The molecule has 4 nitrogen and oxygen atoms in total. The second kappa shape index (κ2) is 5.39. The Labute approximate surface area is 123 Å². The minimum absolute atomic E-state index is 0.0302. The van der Waals surface area contributed by atoms with Gasteiger partial charge in [0.25, 0.3) is 5.91 Å². The Kier molecular flexibility index (Phi) is 3.71. The van der Waals surface area contributed by atoms with Crippen molar-refractivity contribution in [2.24, 2.45) is 11.3 Å². The van der Waals surface area contributed by atoms with Crippen LogP contribution in [0.3, 0.4) is 0 Å². The molecule has 0 unspecified atom stereocenters. The number of nitrogens with zero attached hydrogens (tertiary/aromatic N) is 1. The van der Waals surface area contributed by atoms with E-state index in [1.165, 1.54) is 12.1 Å². The van der Waals surface area contributed by atoms with Crippen LogP contribution in [-0.2, 0) is 9.47 Å². The van der Waals surface area contributed by atoms with Crippen molar-refractivity contribution in [3.63, 3.8) is 0 Å². The maximum absolute atomic E-state index is 13.2. The molecule has 2 saturated heterocycles. The zero-order valence-corrected chi connectivity index (χ0v) is 12.4. The van der Waals surface area contributed by atoms with Crippen molar-refractivity contribution in [2.45, 2.75) is 6.92 Å². The molecule has 2 aliphatic rings. The van der Waals surface area contributed by atoms with Crippen LogP contribution < -0.4 is 0 Å². The van der Waals surface area contributed by atoms with Crippen molar-refractivity contribution in [1.29, 1.82) is 0 Å². The van der Waals surface area contributed by atoms with E-state index in [1.54, 1.807) is 20.1 Å². The molecule has 2 atom stereocenters. The van der Waals surface area contributed by atoms with Crippen molar-refractivity contribution in [2.75, 3.05) is 40.0 Å². The van der Waals surface area contributed by atoms with Crippen LogP contribution in [0.1, 0.15) is 15.9 Å². The number of benzene rings is 1. The summed E-state index contributed by atoms with van der Waals surface area (Å²) in [4.78, 5) is 14.5. The Morgan fingerprint density at radius 3 is 3.10 bits per heavy atom. The molecule has 0 spiro atoms. The van der Waals surface area contributed by atoms with Gasteiger partial charge in [0, 0.05) is 37.1 Å². The molecule has 0 N–H and O–H groups in total. The van der Waals surface area contributed by atoms with E-state index in [9.17, 15) is 9.18 Å². The van der Waals surface area contributed by atoms with Crippen LogP contribution in [0, 0.1) is 24.1 Å². The molecule has 21 heavy (non-hydrogen) atoms. The van der Waals surface area contributed by atoms with Gasteiger partial charge in [0.2, 0.25) is 0 Å². The van der Waals surface area contributed by atoms with E-state index >= 15 is 0 Å². The van der Waals surface area contributed by atoms with E-state index in [1.807, 2.05) is 4.90 Å². The molecular weight excluding hydrogens is 273 g/mol. The summed E-state index contributed by atoms with van der Waals surface area (Å²) in [5.74, 6) is -0.0221. The lowest BCUT2D eigenvalue weighted by molar-refractivity contribution is 0.0489. The Bertz CT molecular complexity index is 562. The second-order valence-electron chi connectivity index (χ2n) is 6.15. The summed E-state index contributed by atoms with van der Waals surface area (Å²) in [7, 11) is 1.68. The highest BCUT2D eigenvalue weighted by Gasteiger charge is 2.52. The fourth-order valence-electron chi connectivity index (χ4n) is 3.52. The number of methoxy groups -OCH3 is 1. The van der Waals surface area contributed by atoms with Crippen molar-refractivity contribution in [3.8, 4) is 0 Å². The number of carbonyl (C=O) groups is 1. The number of amides is 1. The van der Waals surface area contributed by atoms with Crippen molar-refractivity contribution < 1.29 is 18.7 Å². The van der Waals surface area contributed by atoms with Crippen LogP contribution in [0.2, 0.25) is 0 Å². The highest BCUT2D eigenvalue weighted by molar-refractivity contribution is 5.95. The number of likely N-dealkylation sites (tertiary alicyclic amines) is 1. The number of halogens is 1. The third-order valence-corrected chi connectivity index (χ3v) is 4.66. The van der Waals surface area contributed by atoms with Crippen LogP contribution in [0.25, 0.3) is 0 Å². The molecule has 1 aromatic carbocycles. The standard InChI is InChI=1S/C16H20FNO3/c1-11-5-13(17)3-4-14(11)15(19)18-6-12-7-21-10-16(12,8-18)9-20-2/h3-5,12H,6-10H2,1-2H3/t12-,16-/m1/s1. The first-order valence-corrected chi connectivity index (χ1v) is 7.18. The maximum atomic E-state index is 13.2. The first kappa shape index (κ1) is 14.5. The first-order valence-electron chi connectivity index (χ1n) is 7.18. The monoisotopic (exact) mass is 293 g/mol. The van der Waals surface area contributed by atoms with Crippen LogP contribution in [0.5, 0.6) is 0 Å². The van der Waals surface area contributed by atoms with Gasteiger partial charge in [-0.25, -0.2) is 4.39 Å². The van der Waals surface area contributed by atoms with Gasteiger partial charge in [0.1, 0.15) is 5.82 Å². The SMILES string of the molecule is COC[C@]12COC[C@H]1CN(C(=O)c1ccc(F)cc1C)C2. The van der Waals surface area contributed by atoms with Crippen LogP contribution >= 0.6 is 0 Å². The molecule has 0 aliphatic carbocycles. The number of ether oxygens (including phenoxy) is 2. The molecular formula is C16H20FNO3. The fourth-order valence-corrected chi connectivity index (χ4v) is 3.52. The molecule has 5 heteroatoms.